The molecule has 1 aromatic carbocycles. The topological polar surface area (TPSA) is 55.8 Å². The third kappa shape index (κ3) is 3.62. The average Bonchev–Trinajstić information content (AvgIpc) is 2.32. The van der Waals surface area contributed by atoms with E-state index in [-0.39, 0.29) is 12.5 Å². The van der Waals surface area contributed by atoms with Crippen LogP contribution in [0, 0.1) is 0 Å². The van der Waals surface area contributed by atoms with Crippen molar-refractivity contribution in [2.24, 2.45) is 0 Å². The molecule has 0 spiro atoms. The van der Waals surface area contributed by atoms with Gasteiger partial charge >= 0.3 is 5.97 Å². The number of hydrogen-bond donors (Lipinski definition) is 1. The van der Waals surface area contributed by atoms with Crippen molar-refractivity contribution in [3.8, 4) is 11.5 Å². The summed E-state index contributed by atoms with van der Waals surface area (Å²) < 4.78 is 11.3. The molecule has 1 aliphatic carbocycles. The summed E-state index contributed by atoms with van der Waals surface area (Å²) in [6.07, 6.45) is 3.48. The molecule has 0 saturated heterocycles. The molecule has 0 bridgehead atoms. The number of benzene rings is 1. The summed E-state index contributed by atoms with van der Waals surface area (Å²) in [6, 6.07) is 3.52. The fourth-order valence-corrected chi connectivity index (χ4v) is 2.86. The number of hydrogen-bond acceptors (Lipinski definition) is 3. The normalized spacial score (nSPS) is 15.4. The van der Waals surface area contributed by atoms with Crippen LogP contribution in [0.3, 0.4) is 0 Å². The molecule has 1 N–H and O–H groups in total. The number of carboxylic acids is 1. The molecule has 0 aromatic heterocycles. The van der Waals surface area contributed by atoms with Crippen LogP contribution >= 0.6 is 11.6 Å². The second kappa shape index (κ2) is 6.14. The van der Waals surface area contributed by atoms with Crippen LogP contribution in [0.15, 0.2) is 12.1 Å². The third-order valence-corrected chi connectivity index (χ3v) is 4.23. The SMILES string of the molecule is COc1cc(Cl)c(C(C)(C)CC(=O)O)cc1OC1CCC1. The molecule has 0 amide bonds. The van der Waals surface area contributed by atoms with Gasteiger partial charge in [0.25, 0.3) is 0 Å². The van der Waals surface area contributed by atoms with Crippen LogP contribution in [-0.2, 0) is 10.2 Å². The Hall–Kier alpha value is -1.42. The summed E-state index contributed by atoms with van der Waals surface area (Å²) in [5.74, 6) is 0.371. The smallest absolute Gasteiger partial charge is 0.304 e. The second-order valence-electron chi connectivity index (χ2n) is 6.11. The summed E-state index contributed by atoms with van der Waals surface area (Å²) in [5.41, 5.74) is 0.189. The summed E-state index contributed by atoms with van der Waals surface area (Å²) in [6.45, 7) is 3.73. The van der Waals surface area contributed by atoms with Crippen LogP contribution in [0.2, 0.25) is 5.02 Å². The Morgan fingerprint density at radius 1 is 1.38 bits per heavy atom. The fourth-order valence-electron chi connectivity index (χ4n) is 2.45. The molecular weight excluding hydrogens is 292 g/mol. The highest BCUT2D eigenvalue weighted by atomic mass is 35.5. The lowest BCUT2D eigenvalue weighted by atomic mass is 9.81. The van der Waals surface area contributed by atoms with Crippen molar-refractivity contribution in [3.05, 3.63) is 22.7 Å². The van der Waals surface area contributed by atoms with Crippen LogP contribution in [-0.4, -0.2) is 24.3 Å². The highest BCUT2D eigenvalue weighted by Crippen LogP contribution is 2.41. The molecule has 0 aliphatic heterocycles. The predicted octanol–water partition coefficient (Wildman–Crippen LogP) is 4.03. The van der Waals surface area contributed by atoms with Crippen LogP contribution in [0.25, 0.3) is 0 Å². The Labute approximate surface area is 130 Å². The lowest BCUT2D eigenvalue weighted by Crippen LogP contribution is -2.26. The van der Waals surface area contributed by atoms with E-state index in [1.54, 1.807) is 13.2 Å². The van der Waals surface area contributed by atoms with E-state index < -0.39 is 11.4 Å². The van der Waals surface area contributed by atoms with Gasteiger partial charge in [0, 0.05) is 16.5 Å². The number of methoxy groups -OCH3 is 1. The molecule has 0 radical (unpaired) electrons. The maximum absolute atomic E-state index is 11.0. The highest BCUT2D eigenvalue weighted by Gasteiger charge is 2.29. The maximum Gasteiger partial charge on any atom is 0.304 e. The van der Waals surface area contributed by atoms with E-state index in [9.17, 15) is 4.79 Å². The van der Waals surface area contributed by atoms with Crippen molar-refractivity contribution in [2.75, 3.05) is 7.11 Å². The Balaban J connectivity index is 2.36. The van der Waals surface area contributed by atoms with Crippen molar-refractivity contribution in [3.63, 3.8) is 0 Å². The molecule has 1 aliphatic rings. The van der Waals surface area contributed by atoms with Gasteiger partial charge in [0.15, 0.2) is 11.5 Å². The number of halogens is 1. The van der Waals surface area contributed by atoms with Gasteiger partial charge < -0.3 is 14.6 Å². The van der Waals surface area contributed by atoms with Crippen molar-refractivity contribution in [1.29, 1.82) is 0 Å². The monoisotopic (exact) mass is 312 g/mol. The summed E-state index contributed by atoms with van der Waals surface area (Å²) >= 11 is 6.30. The Morgan fingerprint density at radius 3 is 2.52 bits per heavy atom. The first kappa shape index (κ1) is 16.0. The molecule has 1 saturated carbocycles. The average molecular weight is 313 g/mol. The molecule has 1 fully saturated rings. The van der Waals surface area contributed by atoms with Crippen LogP contribution < -0.4 is 9.47 Å². The molecule has 0 heterocycles. The molecule has 0 unspecified atom stereocenters. The Bertz CT molecular complexity index is 535. The molecule has 5 heteroatoms. The minimum Gasteiger partial charge on any atom is -0.493 e. The third-order valence-electron chi connectivity index (χ3n) is 3.92. The number of carboxylic acid groups (broad SMARTS) is 1. The zero-order valence-corrected chi connectivity index (χ0v) is 13.4. The van der Waals surface area contributed by atoms with Gasteiger partial charge in [-0.15, -0.1) is 0 Å². The zero-order chi connectivity index (χ0) is 15.6. The molecule has 4 nitrogen and oxygen atoms in total. The van der Waals surface area contributed by atoms with Gasteiger partial charge in [-0.05, 0) is 30.9 Å². The first-order valence-corrected chi connectivity index (χ1v) is 7.48. The fraction of sp³-hybridized carbons (Fsp3) is 0.562. The van der Waals surface area contributed by atoms with Gasteiger partial charge in [0.05, 0.1) is 19.6 Å². The predicted molar refractivity (Wildman–Crippen MR) is 81.5 cm³/mol. The lowest BCUT2D eigenvalue weighted by Gasteiger charge is -2.29. The zero-order valence-electron chi connectivity index (χ0n) is 12.6. The molecule has 2 rings (SSSR count). The van der Waals surface area contributed by atoms with E-state index >= 15 is 0 Å². The van der Waals surface area contributed by atoms with Crippen LogP contribution in [0.5, 0.6) is 11.5 Å². The van der Waals surface area contributed by atoms with E-state index in [1.165, 1.54) is 6.42 Å². The summed E-state index contributed by atoms with van der Waals surface area (Å²) in [4.78, 5) is 11.0. The standard InChI is InChI=1S/C16H21ClO4/c1-16(2,9-15(18)19)11-7-14(21-10-5-4-6-10)13(20-3)8-12(11)17/h7-8,10H,4-6,9H2,1-3H3,(H,18,19). The Morgan fingerprint density at radius 2 is 2.05 bits per heavy atom. The quantitative estimate of drug-likeness (QED) is 0.861. The van der Waals surface area contributed by atoms with E-state index in [0.29, 0.717) is 16.5 Å². The van der Waals surface area contributed by atoms with Crippen molar-refractivity contribution in [1.82, 2.24) is 0 Å². The van der Waals surface area contributed by atoms with Gasteiger partial charge in [-0.3, -0.25) is 4.79 Å². The van der Waals surface area contributed by atoms with E-state index in [1.807, 2.05) is 19.9 Å². The van der Waals surface area contributed by atoms with E-state index in [2.05, 4.69) is 0 Å². The Kier molecular flexibility index (Phi) is 4.67. The minimum absolute atomic E-state index is 0.00190. The van der Waals surface area contributed by atoms with Gasteiger partial charge in [-0.1, -0.05) is 25.4 Å². The van der Waals surface area contributed by atoms with Gasteiger partial charge in [0.1, 0.15) is 0 Å². The summed E-state index contributed by atoms with van der Waals surface area (Å²) in [5, 5.41) is 9.56. The minimum atomic E-state index is -0.853. The van der Waals surface area contributed by atoms with Gasteiger partial charge in [0.2, 0.25) is 0 Å². The van der Waals surface area contributed by atoms with Crippen LogP contribution in [0.4, 0.5) is 0 Å². The molecular formula is C16H21ClO4. The van der Waals surface area contributed by atoms with Crippen molar-refractivity contribution < 1.29 is 19.4 Å². The molecule has 1 aromatic rings. The number of carbonyl (C=O) groups is 1. The molecule has 21 heavy (non-hydrogen) atoms. The number of rotatable bonds is 6. The number of aliphatic carboxylic acids is 1. The maximum atomic E-state index is 11.0. The van der Waals surface area contributed by atoms with Gasteiger partial charge in [-0.25, -0.2) is 0 Å². The number of ether oxygens (including phenoxy) is 2. The lowest BCUT2D eigenvalue weighted by molar-refractivity contribution is -0.138. The van der Waals surface area contributed by atoms with E-state index in [0.717, 1.165) is 18.4 Å². The molecule has 116 valence electrons. The second-order valence-corrected chi connectivity index (χ2v) is 6.52. The van der Waals surface area contributed by atoms with Crippen molar-refractivity contribution >= 4 is 17.6 Å². The van der Waals surface area contributed by atoms with E-state index in [4.69, 9.17) is 26.2 Å². The highest BCUT2D eigenvalue weighted by molar-refractivity contribution is 6.31. The summed E-state index contributed by atoms with van der Waals surface area (Å²) in [7, 11) is 1.57. The van der Waals surface area contributed by atoms with Crippen LogP contribution in [0.1, 0.15) is 45.1 Å². The largest absolute Gasteiger partial charge is 0.493 e. The first-order valence-electron chi connectivity index (χ1n) is 7.10. The van der Waals surface area contributed by atoms with Gasteiger partial charge in [-0.2, -0.15) is 0 Å². The first-order chi connectivity index (χ1) is 9.83. The van der Waals surface area contributed by atoms with Crippen molar-refractivity contribution in [2.45, 2.75) is 51.0 Å². The molecule has 0 atom stereocenters.